The van der Waals surface area contributed by atoms with Crippen LogP contribution in [0.2, 0.25) is 0 Å². The lowest BCUT2D eigenvalue weighted by molar-refractivity contribution is -0.134. The minimum atomic E-state index is -0.666. The van der Waals surface area contributed by atoms with Crippen LogP contribution in [-0.4, -0.2) is 35.8 Å². The number of hydrogen-bond acceptors (Lipinski definition) is 5. The van der Waals surface area contributed by atoms with Gasteiger partial charge in [-0.25, -0.2) is 4.79 Å². The Balaban J connectivity index is 1.61. The summed E-state index contributed by atoms with van der Waals surface area (Å²) in [5.74, 6) is -1.26. The van der Waals surface area contributed by atoms with Crippen molar-refractivity contribution >= 4 is 34.8 Å². The van der Waals surface area contributed by atoms with E-state index in [-0.39, 0.29) is 24.0 Å². The van der Waals surface area contributed by atoms with Gasteiger partial charge < -0.3 is 15.0 Å². The molecular weight excluding hydrogens is 400 g/mol. The van der Waals surface area contributed by atoms with Gasteiger partial charge in [-0.15, -0.1) is 0 Å². The molecule has 7 heteroatoms. The van der Waals surface area contributed by atoms with Gasteiger partial charge >= 0.3 is 5.97 Å². The summed E-state index contributed by atoms with van der Waals surface area (Å²) in [6.07, 6.45) is 0. The maximum absolute atomic E-state index is 12.6. The number of benzene rings is 2. The number of carbonyl (C=O) groups excluding carboxylic acids is 3. The number of thiophene rings is 1. The fourth-order valence-electron chi connectivity index (χ4n) is 2.83. The van der Waals surface area contributed by atoms with Gasteiger partial charge in [-0.3, -0.25) is 9.59 Å². The molecule has 0 unspecified atom stereocenters. The van der Waals surface area contributed by atoms with Gasteiger partial charge in [0.1, 0.15) is 0 Å². The first-order chi connectivity index (χ1) is 14.6. The number of anilines is 1. The lowest BCUT2D eigenvalue weighted by Gasteiger charge is -2.21. The van der Waals surface area contributed by atoms with Gasteiger partial charge in [0.15, 0.2) is 6.61 Å². The van der Waals surface area contributed by atoms with Crippen LogP contribution in [0.3, 0.4) is 0 Å². The molecule has 30 heavy (non-hydrogen) atoms. The van der Waals surface area contributed by atoms with Gasteiger partial charge in [0.2, 0.25) is 0 Å². The predicted molar refractivity (Wildman–Crippen MR) is 117 cm³/mol. The van der Waals surface area contributed by atoms with E-state index in [1.54, 1.807) is 46.0 Å². The van der Waals surface area contributed by atoms with Crippen molar-refractivity contribution in [1.82, 2.24) is 4.90 Å². The normalized spacial score (nSPS) is 10.3. The number of amides is 2. The van der Waals surface area contributed by atoms with Gasteiger partial charge in [-0.2, -0.15) is 11.3 Å². The highest BCUT2D eigenvalue weighted by molar-refractivity contribution is 7.08. The molecule has 0 aliphatic heterocycles. The van der Waals surface area contributed by atoms with E-state index in [0.717, 1.165) is 5.56 Å². The fourth-order valence-corrected chi connectivity index (χ4v) is 3.47. The highest BCUT2D eigenvalue weighted by atomic mass is 32.1. The highest BCUT2D eigenvalue weighted by Gasteiger charge is 2.19. The number of carbonyl (C=O) groups is 3. The van der Waals surface area contributed by atoms with Crippen LogP contribution in [0.1, 0.15) is 33.2 Å². The monoisotopic (exact) mass is 422 g/mol. The molecule has 6 nitrogen and oxygen atoms in total. The van der Waals surface area contributed by atoms with Crippen molar-refractivity contribution < 1.29 is 19.1 Å². The standard InChI is InChI=1S/C23H22N2O4S/c1-2-25(14-17-8-4-3-5-9-17)21(26)15-29-23(28)19-10-6-7-11-20(19)24-22(27)18-12-13-30-16-18/h3-13,16H,2,14-15H2,1H3,(H,24,27). The third-order valence-corrected chi connectivity index (χ3v) is 5.14. The Morgan fingerprint density at radius 3 is 2.43 bits per heavy atom. The number of ether oxygens (including phenoxy) is 1. The van der Waals surface area contributed by atoms with Crippen molar-refractivity contribution in [2.24, 2.45) is 0 Å². The minimum absolute atomic E-state index is 0.194. The number of hydrogen-bond donors (Lipinski definition) is 1. The third-order valence-electron chi connectivity index (χ3n) is 4.46. The molecule has 3 rings (SSSR count). The second-order valence-corrected chi connectivity index (χ2v) is 7.26. The molecule has 2 amide bonds. The molecule has 1 N–H and O–H groups in total. The van der Waals surface area contributed by atoms with Crippen molar-refractivity contribution in [2.75, 3.05) is 18.5 Å². The number of rotatable bonds is 8. The van der Waals surface area contributed by atoms with E-state index in [0.29, 0.717) is 24.3 Å². The molecule has 154 valence electrons. The Bertz CT molecular complexity index is 1000. The van der Waals surface area contributed by atoms with E-state index in [2.05, 4.69) is 5.32 Å². The van der Waals surface area contributed by atoms with E-state index in [1.165, 1.54) is 11.3 Å². The Morgan fingerprint density at radius 1 is 1.00 bits per heavy atom. The van der Waals surface area contributed by atoms with Gasteiger partial charge in [0.05, 0.1) is 16.8 Å². The predicted octanol–water partition coefficient (Wildman–Crippen LogP) is 4.21. The molecule has 0 aliphatic carbocycles. The van der Waals surface area contributed by atoms with Gasteiger partial charge in [-0.1, -0.05) is 42.5 Å². The third kappa shape index (κ3) is 5.55. The van der Waals surface area contributed by atoms with E-state index in [9.17, 15) is 14.4 Å². The van der Waals surface area contributed by atoms with Crippen LogP contribution in [0.4, 0.5) is 5.69 Å². The molecule has 0 radical (unpaired) electrons. The van der Waals surface area contributed by atoms with Crippen LogP contribution >= 0.6 is 11.3 Å². The zero-order valence-corrected chi connectivity index (χ0v) is 17.4. The molecule has 0 saturated heterocycles. The summed E-state index contributed by atoms with van der Waals surface area (Å²) < 4.78 is 5.24. The molecule has 0 aliphatic rings. The molecule has 0 bridgehead atoms. The van der Waals surface area contributed by atoms with Crippen molar-refractivity contribution in [2.45, 2.75) is 13.5 Å². The van der Waals surface area contributed by atoms with Gasteiger partial charge in [0, 0.05) is 18.5 Å². The molecular formula is C23H22N2O4S. The number of esters is 1. The van der Waals surface area contributed by atoms with Crippen LogP contribution < -0.4 is 5.32 Å². The summed E-state index contributed by atoms with van der Waals surface area (Å²) in [5.41, 5.74) is 2.04. The highest BCUT2D eigenvalue weighted by Crippen LogP contribution is 2.18. The van der Waals surface area contributed by atoms with Crippen LogP contribution in [0.15, 0.2) is 71.4 Å². The zero-order chi connectivity index (χ0) is 21.3. The molecule has 1 heterocycles. The first-order valence-corrected chi connectivity index (χ1v) is 10.4. The second kappa shape index (κ2) is 10.4. The summed E-state index contributed by atoms with van der Waals surface area (Å²) in [7, 11) is 0. The molecule has 2 aromatic carbocycles. The molecule has 0 atom stereocenters. The number of para-hydroxylation sites is 1. The van der Waals surface area contributed by atoms with Gasteiger partial charge in [0.25, 0.3) is 11.8 Å². The Morgan fingerprint density at radius 2 is 1.73 bits per heavy atom. The molecule has 0 saturated carbocycles. The lowest BCUT2D eigenvalue weighted by atomic mass is 10.1. The average molecular weight is 423 g/mol. The zero-order valence-electron chi connectivity index (χ0n) is 16.5. The fraction of sp³-hybridized carbons (Fsp3) is 0.174. The van der Waals surface area contributed by atoms with Crippen molar-refractivity contribution in [3.05, 3.63) is 88.1 Å². The first-order valence-electron chi connectivity index (χ1n) is 9.50. The van der Waals surface area contributed by atoms with E-state index in [4.69, 9.17) is 4.74 Å². The van der Waals surface area contributed by atoms with Crippen LogP contribution in [0.5, 0.6) is 0 Å². The Hall–Kier alpha value is -3.45. The smallest absolute Gasteiger partial charge is 0.340 e. The molecule has 0 fully saturated rings. The van der Waals surface area contributed by atoms with Crippen LogP contribution in [-0.2, 0) is 16.1 Å². The van der Waals surface area contributed by atoms with E-state index in [1.807, 2.05) is 37.3 Å². The van der Waals surface area contributed by atoms with Crippen molar-refractivity contribution in [3.63, 3.8) is 0 Å². The quantitative estimate of drug-likeness (QED) is 0.552. The van der Waals surface area contributed by atoms with Crippen LogP contribution in [0, 0.1) is 0 Å². The van der Waals surface area contributed by atoms with Crippen molar-refractivity contribution in [1.29, 1.82) is 0 Å². The molecule has 1 aromatic heterocycles. The van der Waals surface area contributed by atoms with Crippen LogP contribution in [0.25, 0.3) is 0 Å². The Kier molecular flexibility index (Phi) is 7.34. The van der Waals surface area contributed by atoms with Crippen molar-refractivity contribution in [3.8, 4) is 0 Å². The lowest BCUT2D eigenvalue weighted by Crippen LogP contribution is -2.34. The topological polar surface area (TPSA) is 75.7 Å². The summed E-state index contributed by atoms with van der Waals surface area (Å²) in [4.78, 5) is 39.0. The summed E-state index contributed by atoms with van der Waals surface area (Å²) in [6.45, 7) is 2.45. The molecule has 3 aromatic rings. The maximum Gasteiger partial charge on any atom is 0.340 e. The summed E-state index contributed by atoms with van der Waals surface area (Å²) >= 11 is 1.41. The summed E-state index contributed by atoms with van der Waals surface area (Å²) in [5, 5.41) is 6.24. The number of nitrogens with one attached hydrogen (secondary N) is 1. The molecule has 0 spiro atoms. The first kappa shape index (κ1) is 21.3. The minimum Gasteiger partial charge on any atom is -0.452 e. The van der Waals surface area contributed by atoms with E-state index < -0.39 is 5.97 Å². The number of nitrogens with zero attached hydrogens (tertiary/aromatic N) is 1. The number of likely N-dealkylation sites (N-methyl/N-ethyl adjacent to an activating group) is 1. The maximum atomic E-state index is 12.6. The van der Waals surface area contributed by atoms with E-state index >= 15 is 0 Å². The largest absolute Gasteiger partial charge is 0.452 e. The SMILES string of the molecule is CCN(Cc1ccccc1)C(=O)COC(=O)c1ccccc1NC(=O)c1ccsc1. The average Bonchev–Trinajstić information content (AvgIpc) is 3.32. The van der Waals surface area contributed by atoms with Gasteiger partial charge in [-0.05, 0) is 36.1 Å². The summed E-state index contributed by atoms with van der Waals surface area (Å²) in [6, 6.07) is 17.9. The second-order valence-electron chi connectivity index (χ2n) is 6.48. The Labute approximate surface area is 179 Å².